The fourth-order valence-corrected chi connectivity index (χ4v) is 5.42. The summed E-state index contributed by atoms with van der Waals surface area (Å²) in [6.45, 7) is 7.19. The monoisotopic (exact) mass is 528 g/mol. The van der Waals surface area contributed by atoms with Gasteiger partial charge in [0.1, 0.15) is 11.3 Å². The first kappa shape index (κ1) is 25.4. The molecule has 38 heavy (non-hydrogen) atoms. The number of benzene rings is 2. The lowest BCUT2D eigenvalue weighted by Gasteiger charge is -2.16. The van der Waals surface area contributed by atoms with Gasteiger partial charge in [-0.15, -0.1) is 11.3 Å². The van der Waals surface area contributed by atoms with Crippen molar-refractivity contribution in [1.82, 2.24) is 20.0 Å². The molecule has 2 aromatic carbocycles. The minimum Gasteiger partial charge on any atom is -0.384 e. The van der Waals surface area contributed by atoms with Crippen LogP contribution in [0.15, 0.2) is 59.4 Å². The number of thiophene rings is 1. The number of aryl methyl sites for hydroxylation is 2. The predicted molar refractivity (Wildman–Crippen MR) is 151 cm³/mol. The van der Waals surface area contributed by atoms with E-state index >= 15 is 0 Å². The fraction of sp³-hybridized carbons (Fsp3) is 0.214. The normalized spacial score (nSPS) is 11.6. The number of carbonyl (C=O) groups excluding carboxylic acids is 1. The number of anilines is 3. The number of aromatic amines is 1. The summed E-state index contributed by atoms with van der Waals surface area (Å²) in [5.74, 6) is 0.244. The number of rotatable bonds is 6. The molecule has 0 spiro atoms. The van der Waals surface area contributed by atoms with Crippen LogP contribution >= 0.6 is 11.3 Å². The molecule has 0 radical (unpaired) electrons. The summed E-state index contributed by atoms with van der Waals surface area (Å²) in [5, 5.41) is 28.7. The first-order valence-electron chi connectivity index (χ1n) is 12.1. The number of hydrogen-bond donors (Lipinski definition) is 4. The summed E-state index contributed by atoms with van der Waals surface area (Å²) in [7, 11) is 1.73. The maximum absolute atomic E-state index is 13.1. The number of fused-ring (bicyclic) bond motifs is 1. The Morgan fingerprint density at radius 2 is 1.87 bits per heavy atom. The van der Waals surface area contributed by atoms with E-state index < -0.39 is 11.2 Å². The third-order valence-electron chi connectivity index (χ3n) is 6.41. The highest BCUT2D eigenvalue weighted by Gasteiger charge is 2.22. The van der Waals surface area contributed by atoms with Crippen molar-refractivity contribution in [3.63, 3.8) is 0 Å². The maximum atomic E-state index is 13.1. The third-order valence-corrected chi connectivity index (χ3v) is 7.52. The Labute approximate surface area is 223 Å². The summed E-state index contributed by atoms with van der Waals surface area (Å²) >= 11 is 1.45. The summed E-state index contributed by atoms with van der Waals surface area (Å²) in [6.07, 6.45) is 0. The van der Waals surface area contributed by atoms with Crippen molar-refractivity contribution in [2.24, 2.45) is 7.05 Å². The molecule has 0 aliphatic rings. The molecule has 5 aromatic rings. The average molecular weight is 529 g/mol. The molecule has 9 nitrogen and oxygen atoms in total. The van der Waals surface area contributed by atoms with Gasteiger partial charge in [-0.2, -0.15) is 10.2 Å². The number of aliphatic hydroxyl groups is 1. The van der Waals surface area contributed by atoms with Gasteiger partial charge < -0.3 is 15.7 Å². The predicted octanol–water partition coefficient (Wildman–Crippen LogP) is 5.23. The standard InChI is InChI=1S/C28H28N6O3S/c1-15-10-11-18(16(2)25(15)30-27(36)22-12-17-8-6-7-9-21(17)38-22)19-13-20(26(35)32-31-19)29-24-14-23(28(3,4)37)34(5)33-24/h6-14,37H,1-5H3,(H,30,36)(H,32,35)(H,29,31,33). The van der Waals surface area contributed by atoms with Gasteiger partial charge in [0.05, 0.1) is 16.3 Å². The quantitative estimate of drug-likeness (QED) is 0.239. The highest BCUT2D eigenvalue weighted by atomic mass is 32.1. The number of H-pyrrole nitrogens is 1. The molecule has 0 fully saturated rings. The zero-order valence-electron chi connectivity index (χ0n) is 21.7. The molecule has 0 saturated carbocycles. The summed E-state index contributed by atoms with van der Waals surface area (Å²) in [4.78, 5) is 26.3. The highest BCUT2D eigenvalue weighted by molar-refractivity contribution is 7.20. The zero-order chi connectivity index (χ0) is 27.2. The second-order valence-electron chi connectivity index (χ2n) is 9.75. The van der Waals surface area contributed by atoms with E-state index in [2.05, 4.69) is 25.9 Å². The molecule has 3 heterocycles. The molecule has 0 aliphatic carbocycles. The van der Waals surface area contributed by atoms with E-state index in [-0.39, 0.29) is 11.6 Å². The van der Waals surface area contributed by atoms with Crippen LogP contribution in [0.25, 0.3) is 21.3 Å². The second kappa shape index (κ2) is 9.55. The Morgan fingerprint density at radius 3 is 2.58 bits per heavy atom. The van der Waals surface area contributed by atoms with Crippen molar-refractivity contribution < 1.29 is 9.90 Å². The van der Waals surface area contributed by atoms with Gasteiger partial charge in [-0.1, -0.05) is 30.3 Å². The SMILES string of the molecule is Cc1ccc(-c2cc(Nc3cc(C(C)(C)O)n(C)n3)c(=O)[nH]n2)c(C)c1NC(=O)c1cc2ccccc2s1. The smallest absolute Gasteiger partial charge is 0.287 e. The van der Waals surface area contributed by atoms with Crippen molar-refractivity contribution in [1.29, 1.82) is 0 Å². The van der Waals surface area contributed by atoms with E-state index in [1.165, 1.54) is 11.3 Å². The lowest BCUT2D eigenvalue weighted by molar-refractivity contribution is 0.0695. The molecule has 0 aliphatic heterocycles. The first-order chi connectivity index (χ1) is 18.0. The summed E-state index contributed by atoms with van der Waals surface area (Å²) in [6, 6.07) is 17.0. The third kappa shape index (κ3) is 4.83. The number of hydrogen-bond acceptors (Lipinski definition) is 7. The van der Waals surface area contributed by atoms with Crippen molar-refractivity contribution in [2.45, 2.75) is 33.3 Å². The van der Waals surface area contributed by atoms with Crippen LogP contribution in [-0.2, 0) is 12.6 Å². The second-order valence-corrected chi connectivity index (χ2v) is 10.8. The molecular formula is C28H28N6O3S. The van der Waals surface area contributed by atoms with Crippen LogP contribution in [-0.4, -0.2) is 31.0 Å². The average Bonchev–Trinajstić information content (AvgIpc) is 3.46. The number of nitrogens with zero attached hydrogens (tertiary/aromatic N) is 3. The van der Waals surface area contributed by atoms with Gasteiger partial charge in [0.15, 0.2) is 5.82 Å². The Hall–Kier alpha value is -4.28. The number of aromatic nitrogens is 4. The van der Waals surface area contributed by atoms with Gasteiger partial charge in [0.25, 0.3) is 11.5 Å². The van der Waals surface area contributed by atoms with E-state index in [1.54, 1.807) is 37.7 Å². The topological polar surface area (TPSA) is 125 Å². The molecular weight excluding hydrogens is 500 g/mol. The highest BCUT2D eigenvalue weighted by Crippen LogP contribution is 2.33. The van der Waals surface area contributed by atoms with Crippen LogP contribution in [0, 0.1) is 13.8 Å². The van der Waals surface area contributed by atoms with E-state index in [0.29, 0.717) is 27.8 Å². The molecule has 10 heteroatoms. The van der Waals surface area contributed by atoms with Crippen molar-refractivity contribution >= 4 is 44.5 Å². The molecule has 3 aromatic heterocycles. The minimum atomic E-state index is -1.09. The van der Waals surface area contributed by atoms with Crippen LogP contribution < -0.4 is 16.2 Å². The van der Waals surface area contributed by atoms with Crippen LogP contribution in [0.4, 0.5) is 17.2 Å². The van der Waals surface area contributed by atoms with Crippen molar-refractivity contribution in [3.8, 4) is 11.3 Å². The minimum absolute atomic E-state index is 0.177. The summed E-state index contributed by atoms with van der Waals surface area (Å²) in [5.41, 5.74) is 3.08. The summed E-state index contributed by atoms with van der Waals surface area (Å²) < 4.78 is 2.62. The Bertz CT molecular complexity index is 1710. The van der Waals surface area contributed by atoms with Crippen LogP contribution in [0.3, 0.4) is 0 Å². The Balaban J connectivity index is 1.46. The molecule has 0 saturated heterocycles. The number of carbonyl (C=O) groups is 1. The van der Waals surface area contributed by atoms with Gasteiger partial charge in [-0.05, 0) is 62.4 Å². The molecule has 1 amide bonds. The van der Waals surface area contributed by atoms with Crippen molar-refractivity contribution in [2.75, 3.05) is 10.6 Å². The van der Waals surface area contributed by atoms with E-state index in [4.69, 9.17) is 0 Å². The van der Waals surface area contributed by atoms with Crippen molar-refractivity contribution in [3.05, 3.63) is 86.6 Å². The lowest BCUT2D eigenvalue weighted by atomic mass is 9.99. The number of amides is 1. The Kier molecular flexibility index (Phi) is 6.38. The van der Waals surface area contributed by atoms with E-state index in [9.17, 15) is 14.7 Å². The zero-order valence-corrected chi connectivity index (χ0v) is 22.5. The van der Waals surface area contributed by atoms with Gasteiger partial charge in [-0.3, -0.25) is 14.3 Å². The maximum Gasteiger partial charge on any atom is 0.287 e. The van der Waals surface area contributed by atoms with Gasteiger partial charge in [0.2, 0.25) is 0 Å². The van der Waals surface area contributed by atoms with E-state index in [0.717, 1.165) is 26.8 Å². The Morgan fingerprint density at radius 1 is 1.11 bits per heavy atom. The largest absolute Gasteiger partial charge is 0.384 e. The lowest BCUT2D eigenvalue weighted by Crippen LogP contribution is -2.19. The molecule has 194 valence electrons. The van der Waals surface area contributed by atoms with Crippen LogP contribution in [0.5, 0.6) is 0 Å². The molecule has 0 atom stereocenters. The van der Waals surface area contributed by atoms with Gasteiger partial charge in [0, 0.05) is 29.1 Å². The van der Waals surface area contributed by atoms with Crippen LogP contribution in [0.1, 0.15) is 40.3 Å². The molecule has 0 bridgehead atoms. The van der Waals surface area contributed by atoms with Crippen LogP contribution in [0.2, 0.25) is 0 Å². The molecule has 5 rings (SSSR count). The fourth-order valence-electron chi connectivity index (χ4n) is 4.46. The molecule has 4 N–H and O–H groups in total. The number of nitrogens with one attached hydrogen (secondary N) is 3. The molecule has 0 unspecified atom stereocenters. The van der Waals surface area contributed by atoms with E-state index in [1.807, 2.05) is 56.3 Å². The van der Waals surface area contributed by atoms with Gasteiger partial charge in [-0.25, -0.2) is 5.10 Å². The van der Waals surface area contributed by atoms with Gasteiger partial charge >= 0.3 is 0 Å². The first-order valence-corrected chi connectivity index (χ1v) is 12.9.